The minimum absolute atomic E-state index is 0.107. The average Bonchev–Trinajstić information content (AvgIpc) is 2.38. The summed E-state index contributed by atoms with van der Waals surface area (Å²) in [6.07, 6.45) is 2.96. The molecule has 0 saturated heterocycles. The van der Waals surface area contributed by atoms with E-state index >= 15 is 0 Å². The molecule has 0 aliphatic carbocycles. The van der Waals surface area contributed by atoms with Crippen molar-refractivity contribution in [3.05, 3.63) is 18.1 Å². The lowest BCUT2D eigenvalue weighted by Gasteiger charge is -2.05. The lowest BCUT2D eigenvalue weighted by Crippen LogP contribution is -2.12. The Kier molecular flexibility index (Phi) is 4.86. The summed E-state index contributed by atoms with van der Waals surface area (Å²) >= 11 is 0. The normalized spacial score (nSPS) is 9.53. The van der Waals surface area contributed by atoms with Gasteiger partial charge in [-0.05, 0) is 0 Å². The SMILES string of the molecule is COC(=O)CCNc1cncc(C(=O)OC)n1. The molecule has 1 N–H and O–H groups in total. The number of nitrogens with one attached hydrogen (secondary N) is 1. The van der Waals surface area contributed by atoms with Gasteiger partial charge in [0.2, 0.25) is 0 Å². The Balaban J connectivity index is 2.54. The third-order valence-electron chi connectivity index (χ3n) is 1.89. The molecule has 7 heteroatoms. The Hall–Kier alpha value is -2.18. The summed E-state index contributed by atoms with van der Waals surface area (Å²) in [5, 5.41) is 2.85. The highest BCUT2D eigenvalue weighted by atomic mass is 16.5. The molecule has 0 saturated carbocycles. The van der Waals surface area contributed by atoms with Crippen LogP contribution < -0.4 is 5.32 Å². The van der Waals surface area contributed by atoms with Crippen LogP contribution in [0.3, 0.4) is 0 Å². The molecule has 0 bridgehead atoms. The maximum Gasteiger partial charge on any atom is 0.358 e. The average molecular weight is 239 g/mol. The van der Waals surface area contributed by atoms with Crippen LogP contribution in [0, 0.1) is 0 Å². The topological polar surface area (TPSA) is 90.4 Å². The fourth-order valence-electron chi connectivity index (χ4n) is 1.05. The molecule has 0 aromatic carbocycles. The van der Waals surface area contributed by atoms with Gasteiger partial charge in [-0.25, -0.2) is 9.78 Å². The maximum absolute atomic E-state index is 11.2. The first-order valence-corrected chi connectivity index (χ1v) is 4.88. The molecule has 1 heterocycles. The van der Waals surface area contributed by atoms with Crippen molar-refractivity contribution in [1.82, 2.24) is 9.97 Å². The van der Waals surface area contributed by atoms with Crippen LogP contribution in [0.25, 0.3) is 0 Å². The predicted molar refractivity (Wildman–Crippen MR) is 58.5 cm³/mol. The molecule has 0 radical (unpaired) electrons. The summed E-state index contributed by atoms with van der Waals surface area (Å²) in [6, 6.07) is 0. The third kappa shape index (κ3) is 4.06. The van der Waals surface area contributed by atoms with Crippen LogP contribution in [-0.2, 0) is 14.3 Å². The number of carbonyl (C=O) groups excluding carboxylic acids is 2. The fraction of sp³-hybridized carbons (Fsp3) is 0.400. The minimum Gasteiger partial charge on any atom is -0.469 e. The summed E-state index contributed by atoms with van der Waals surface area (Å²) in [7, 11) is 2.58. The van der Waals surface area contributed by atoms with Crippen LogP contribution in [0.4, 0.5) is 5.82 Å². The monoisotopic (exact) mass is 239 g/mol. The lowest BCUT2D eigenvalue weighted by molar-refractivity contribution is -0.140. The van der Waals surface area contributed by atoms with E-state index in [1.54, 1.807) is 0 Å². The number of ether oxygens (including phenoxy) is 2. The lowest BCUT2D eigenvalue weighted by atomic mass is 10.4. The van der Waals surface area contributed by atoms with Gasteiger partial charge in [0.25, 0.3) is 0 Å². The van der Waals surface area contributed by atoms with Crippen LogP contribution in [0.15, 0.2) is 12.4 Å². The standard InChI is InChI=1S/C10H13N3O4/c1-16-9(14)3-4-12-8-6-11-5-7(13-8)10(15)17-2/h5-6H,3-4H2,1-2H3,(H,12,13). The molecule has 1 aromatic rings. The Morgan fingerprint density at radius 2 is 2.06 bits per heavy atom. The maximum atomic E-state index is 11.2. The number of carbonyl (C=O) groups is 2. The van der Waals surface area contributed by atoms with Crippen LogP contribution >= 0.6 is 0 Å². The molecule has 17 heavy (non-hydrogen) atoms. The van der Waals surface area contributed by atoms with Crippen molar-refractivity contribution in [3.63, 3.8) is 0 Å². The molecule has 1 aromatic heterocycles. The summed E-state index contributed by atoms with van der Waals surface area (Å²) < 4.78 is 8.99. The van der Waals surface area contributed by atoms with Gasteiger partial charge in [-0.3, -0.25) is 9.78 Å². The van der Waals surface area contributed by atoms with Gasteiger partial charge in [0, 0.05) is 6.54 Å². The Morgan fingerprint density at radius 1 is 1.29 bits per heavy atom. The van der Waals surface area contributed by atoms with E-state index in [0.717, 1.165) is 0 Å². The molecule has 0 atom stereocenters. The number of esters is 2. The molecule has 0 aliphatic rings. The molecule has 0 fully saturated rings. The fourth-order valence-corrected chi connectivity index (χ4v) is 1.05. The first-order valence-electron chi connectivity index (χ1n) is 4.88. The molecule has 0 aliphatic heterocycles. The second kappa shape index (κ2) is 6.41. The molecule has 1 rings (SSSR count). The number of nitrogens with zero attached hydrogens (tertiary/aromatic N) is 2. The number of anilines is 1. The van der Waals surface area contributed by atoms with Crippen LogP contribution in [-0.4, -0.2) is 42.7 Å². The van der Waals surface area contributed by atoms with Crippen molar-refractivity contribution in [1.29, 1.82) is 0 Å². The molecule has 92 valence electrons. The number of methoxy groups -OCH3 is 2. The highest BCUT2D eigenvalue weighted by Crippen LogP contribution is 2.03. The second-order valence-electron chi connectivity index (χ2n) is 3.03. The molecule has 0 amide bonds. The summed E-state index contributed by atoms with van der Waals surface area (Å²) in [4.78, 5) is 29.8. The van der Waals surface area contributed by atoms with Crippen molar-refractivity contribution in [2.75, 3.05) is 26.1 Å². The van der Waals surface area contributed by atoms with E-state index in [0.29, 0.717) is 12.4 Å². The van der Waals surface area contributed by atoms with Gasteiger partial charge in [-0.1, -0.05) is 0 Å². The van der Waals surface area contributed by atoms with E-state index < -0.39 is 5.97 Å². The van der Waals surface area contributed by atoms with Gasteiger partial charge in [-0.2, -0.15) is 0 Å². The van der Waals surface area contributed by atoms with Crippen molar-refractivity contribution in [3.8, 4) is 0 Å². The zero-order chi connectivity index (χ0) is 12.7. The van der Waals surface area contributed by atoms with Gasteiger partial charge >= 0.3 is 11.9 Å². The van der Waals surface area contributed by atoms with E-state index in [1.165, 1.54) is 26.6 Å². The van der Waals surface area contributed by atoms with E-state index in [4.69, 9.17) is 0 Å². The van der Waals surface area contributed by atoms with E-state index in [1.807, 2.05) is 0 Å². The predicted octanol–water partition coefficient (Wildman–Crippen LogP) is 0.238. The first kappa shape index (κ1) is 12.9. The van der Waals surface area contributed by atoms with E-state index in [9.17, 15) is 9.59 Å². The highest BCUT2D eigenvalue weighted by molar-refractivity contribution is 5.87. The summed E-state index contributed by atoms with van der Waals surface area (Å²) in [6.45, 7) is 0.353. The second-order valence-corrected chi connectivity index (χ2v) is 3.03. The Morgan fingerprint density at radius 3 is 2.71 bits per heavy atom. The van der Waals surface area contributed by atoms with E-state index in [-0.39, 0.29) is 18.1 Å². The van der Waals surface area contributed by atoms with Crippen molar-refractivity contribution in [2.24, 2.45) is 0 Å². The quantitative estimate of drug-likeness (QED) is 0.736. The highest BCUT2D eigenvalue weighted by Gasteiger charge is 2.08. The molecular weight excluding hydrogens is 226 g/mol. The van der Waals surface area contributed by atoms with Gasteiger partial charge in [-0.15, -0.1) is 0 Å². The molecule has 0 spiro atoms. The number of hydrogen-bond donors (Lipinski definition) is 1. The number of rotatable bonds is 5. The molecular formula is C10H13N3O4. The Bertz CT molecular complexity index is 408. The van der Waals surface area contributed by atoms with Gasteiger partial charge in [0.1, 0.15) is 5.82 Å². The minimum atomic E-state index is -0.561. The van der Waals surface area contributed by atoms with Gasteiger partial charge in [0.15, 0.2) is 5.69 Å². The molecule has 0 unspecified atom stereocenters. The zero-order valence-corrected chi connectivity index (χ0v) is 9.60. The van der Waals surface area contributed by atoms with Crippen molar-refractivity contribution in [2.45, 2.75) is 6.42 Å². The molecule has 7 nitrogen and oxygen atoms in total. The van der Waals surface area contributed by atoms with Gasteiger partial charge in [0.05, 0.1) is 33.0 Å². The third-order valence-corrected chi connectivity index (χ3v) is 1.89. The van der Waals surface area contributed by atoms with Crippen molar-refractivity contribution >= 4 is 17.8 Å². The smallest absolute Gasteiger partial charge is 0.358 e. The van der Waals surface area contributed by atoms with Crippen LogP contribution in [0.5, 0.6) is 0 Å². The van der Waals surface area contributed by atoms with Crippen molar-refractivity contribution < 1.29 is 19.1 Å². The van der Waals surface area contributed by atoms with Gasteiger partial charge < -0.3 is 14.8 Å². The number of hydrogen-bond acceptors (Lipinski definition) is 7. The summed E-state index contributed by atoms with van der Waals surface area (Å²) in [5.41, 5.74) is 0.107. The number of aromatic nitrogens is 2. The van der Waals surface area contributed by atoms with Crippen LogP contribution in [0.1, 0.15) is 16.9 Å². The largest absolute Gasteiger partial charge is 0.469 e. The zero-order valence-electron chi connectivity index (χ0n) is 9.60. The van der Waals surface area contributed by atoms with E-state index in [2.05, 4.69) is 24.8 Å². The Labute approximate surface area is 98.2 Å². The summed E-state index contributed by atoms with van der Waals surface area (Å²) in [5.74, 6) is -0.486. The van der Waals surface area contributed by atoms with Crippen LogP contribution in [0.2, 0.25) is 0 Å². The first-order chi connectivity index (χ1) is 8.17.